The Hall–Kier alpha value is -3.92. The summed E-state index contributed by atoms with van der Waals surface area (Å²) in [6, 6.07) is 17.0. The molecule has 2 atom stereocenters. The summed E-state index contributed by atoms with van der Waals surface area (Å²) >= 11 is 0. The van der Waals surface area contributed by atoms with E-state index in [-0.39, 0.29) is 11.3 Å². The fraction of sp³-hybridized carbons (Fsp3) is 0.375. The summed E-state index contributed by atoms with van der Waals surface area (Å²) in [5, 5.41) is 8.76. The van der Waals surface area contributed by atoms with Crippen LogP contribution in [0, 0.1) is 11.3 Å². The molecule has 9 nitrogen and oxygen atoms in total. The Kier molecular flexibility index (Phi) is 6.45. The number of hydrogen-bond donors (Lipinski definition) is 2. The number of nitrogens with one attached hydrogen (secondary N) is 2. The Morgan fingerprint density at radius 3 is 2.76 bits per heavy atom. The molecule has 1 saturated carbocycles. The third kappa shape index (κ3) is 4.36. The van der Waals surface area contributed by atoms with Gasteiger partial charge in [-0.1, -0.05) is 12.1 Å². The minimum absolute atomic E-state index is 0.0564. The van der Waals surface area contributed by atoms with Crippen LogP contribution in [0.5, 0.6) is 23.0 Å². The number of nitrogens with zero attached hydrogens (tertiary/aromatic N) is 1. The zero-order chi connectivity index (χ0) is 28.0. The number of aromatic nitrogens is 1. The minimum Gasteiger partial charge on any atom is -0.493 e. The van der Waals surface area contributed by atoms with Crippen LogP contribution < -0.4 is 24.8 Å². The van der Waals surface area contributed by atoms with Crippen molar-refractivity contribution in [3.05, 3.63) is 66.4 Å². The van der Waals surface area contributed by atoms with Gasteiger partial charge >= 0.3 is 0 Å². The highest BCUT2D eigenvalue weighted by atomic mass is 16.7. The van der Waals surface area contributed by atoms with Gasteiger partial charge in [0, 0.05) is 42.2 Å². The molecule has 4 aromatic rings. The standard InChI is InChI=1S/C32H33N3O6/c1-33-30(36)24-5-3-4-20-14-22(6-7-23(20)24)41-27-8-10-35-26-16-29(28(37-2)15-25(26)27)38-11-9-21-17-31(21)18-34-19-32(31)39-12-13-40-32/h3-8,10,14-16,21,34H,9,11-13,17-19H2,1-2H3,(H,33,36). The van der Waals surface area contributed by atoms with Gasteiger partial charge in [0.25, 0.3) is 5.91 Å². The van der Waals surface area contributed by atoms with E-state index < -0.39 is 5.79 Å². The van der Waals surface area contributed by atoms with Crippen molar-refractivity contribution in [2.24, 2.45) is 11.3 Å². The van der Waals surface area contributed by atoms with Gasteiger partial charge in [0.05, 0.1) is 39.0 Å². The van der Waals surface area contributed by atoms with Gasteiger partial charge in [0.2, 0.25) is 0 Å². The van der Waals surface area contributed by atoms with Gasteiger partial charge in [0.1, 0.15) is 11.5 Å². The van der Waals surface area contributed by atoms with Crippen molar-refractivity contribution in [2.45, 2.75) is 18.6 Å². The molecular formula is C32H33N3O6. The predicted octanol–water partition coefficient (Wildman–Crippen LogP) is 4.67. The maximum atomic E-state index is 12.3. The number of carbonyl (C=O) groups is 1. The molecule has 1 amide bonds. The van der Waals surface area contributed by atoms with Crippen LogP contribution in [-0.4, -0.2) is 63.7 Å². The van der Waals surface area contributed by atoms with Gasteiger partial charge in [-0.15, -0.1) is 0 Å². The quantitative estimate of drug-likeness (QED) is 0.324. The summed E-state index contributed by atoms with van der Waals surface area (Å²) in [6.07, 6.45) is 3.72. The number of benzene rings is 3. The van der Waals surface area contributed by atoms with Crippen LogP contribution in [0.15, 0.2) is 60.8 Å². The predicted molar refractivity (Wildman–Crippen MR) is 154 cm³/mol. The summed E-state index contributed by atoms with van der Waals surface area (Å²) in [6.45, 7) is 3.58. The van der Waals surface area contributed by atoms with E-state index in [0.29, 0.717) is 54.3 Å². The fourth-order valence-corrected chi connectivity index (χ4v) is 6.63. The highest BCUT2D eigenvalue weighted by molar-refractivity contribution is 6.07. The largest absolute Gasteiger partial charge is 0.493 e. The van der Waals surface area contributed by atoms with Crippen molar-refractivity contribution < 1.29 is 28.5 Å². The number of hydrogen-bond acceptors (Lipinski definition) is 8. The van der Waals surface area contributed by atoms with Crippen LogP contribution in [-0.2, 0) is 9.47 Å². The van der Waals surface area contributed by atoms with Crippen LogP contribution in [0.2, 0.25) is 0 Å². The van der Waals surface area contributed by atoms with Crippen molar-refractivity contribution in [3.63, 3.8) is 0 Å². The summed E-state index contributed by atoms with van der Waals surface area (Å²) in [4.78, 5) is 16.8. The van der Waals surface area contributed by atoms with Crippen molar-refractivity contribution in [1.29, 1.82) is 0 Å². The van der Waals surface area contributed by atoms with Crippen LogP contribution in [0.4, 0.5) is 0 Å². The number of carbonyl (C=O) groups excluding carboxylic acids is 1. The third-order valence-electron chi connectivity index (χ3n) is 8.80. The second-order valence-corrected chi connectivity index (χ2v) is 10.9. The lowest BCUT2D eigenvalue weighted by Crippen LogP contribution is -2.41. The molecule has 2 unspecified atom stereocenters. The first-order valence-corrected chi connectivity index (χ1v) is 14.1. The first kappa shape index (κ1) is 26.0. The van der Waals surface area contributed by atoms with Gasteiger partial charge in [-0.05, 0) is 65.9 Å². The lowest BCUT2D eigenvalue weighted by molar-refractivity contribution is -0.183. The SMILES string of the molecule is CNC(=O)c1cccc2cc(Oc3ccnc4cc(OCCC5CC56CNCC65OCCO5)c(OC)cc34)ccc12. The van der Waals surface area contributed by atoms with E-state index >= 15 is 0 Å². The van der Waals surface area contributed by atoms with Gasteiger partial charge < -0.3 is 34.3 Å². The number of amides is 1. The van der Waals surface area contributed by atoms with Crippen molar-refractivity contribution in [1.82, 2.24) is 15.6 Å². The number of ether oxygens (including phenoxy) is 5. The zero-order valence-electron chi connectivity index (χ0n) is 23.2. The van der Waals surface area contributed by atoms with E-state index in [2.05, 4.69) is 15.6 Å². The Bertz CT molecular complexity index is 1630. The fourth-order valence-electron chi connectivity index (χ4n) is 6.63. The molecule has 3 fully saturated rings. The Labute approximate surface area is 238 Å². The third-order valence-corrected chi connectivity index (χ3v) is 8.80. The summed E-state index contributed by atoms with van der Waals surface area (Å²) < 4.78 is 30.4. The van der Waals surface area contributed by atoms with E-state index in [1.165, 1.54) is 0 Å². The number of methoxy groups -OCH3 is 1. The summed E-state index contributed by atoms with van der Waals surface area (Å²) in [7, 11) is 3.26. The van der Waals surface area contributed by atoms with Crippen molar-refractivity contribution in [3.8, 4) is 23.0 Å². The minimum atomic E-state index is -0.462. The van der Waals surface area contributed by atoms with E-state index in [4.69, 9.17) is 23.7 Å². The van der Waals surface area contributed by atoms with Gasteiger partial charge in [0.15, 0.2) is 17.3 Å². The molecule has 41 heavy (non-hydrogen) atoms. The highest BCUT2D eigenvalue weighted by Crippen LogP contribution is 2.65. The molecule has 2 N–H and O–H groups in total. The second-order valence-electron chi connectivity index (χ2n) is 10.9. The van der Waals surface area contributed by atoms with E-state index in [0.717, 1.165) is 47.6 Å². The number of pyridine rings is 1. The molecular weight excluding hydrogens is 522 g/mol. The van der Waals surface area contributed by atoms with E-state index in [1.54, 1.807) is 20.4 Å². The Morgan fingerprint density at radius 2 is 1.93 bits per heavy atom. The molecule has 7 rings (SSSR count). The molecule has 212 valence electrons. The Balaban J connectivity index is 1.08. The molecule has 2 saturated heterocycles. The molecule has 1 aromatic heterocycles. The number of rotatable bonds is 8. The van der Waals surface area contributed by atoms with Crippen LogP contribution >= 0.6 is 0 Å². The average molecular weight is 556 g/mol. The van der Waals surface area contributed by atoms with E-state index in [9.17, 15) is 4.79 Å². The molecule has 3 aromatic carbocycles. The molecule has 1 aliphatic carbocycles. The molecule has 3 aliphatic rings. The average Bonchev–Trinajstić information content (AvgIpc) is 3.31. The van der Waals surface area contributed by atoms with Crippen LogP contribution in [0.1, 0.15) is 23.2 Å². The topological polar surface area (TPSA) is 100 Å². The molecule has 3 heterocycles. The lowest BCUT2D eigenvalue weighted by atomic mass is 9.95. The Morgan fingerprint density at radius 1 is 1.05 bits per heavy atom. The summed E-state index contributed by atoms with van der Waals surface area (Å²) in [5.41, 5.74) is 1.43. The maximum Gasteiger partial charge on any atom is 0.251 e. The zero-order valence-corrected chi connectivity index (χ0v) is 23.2. The van der Waals surface area contributed by atoms with Gasteiger partial charge in [-0.2, -0.15) is 0 Å². The molecule has 2 spiro atoms. The molecule has 0 radical (unpaired) electrons. The maximum absolute atomic E-state index is 12.3. The first-order valence-electron chi connectivity index (χ1n) is 14.1. The molecule has 9 heteroatoms. The van der Waals surface area contributed by atoms with Crippen molar-refractivity contribution >= 4 is 27.6 Å². The lowest BCUT2D eigenvalue weighted by Gasteiger charge is -2.29. The van der Waals surface area contributed by atoms with Gasteiger partial charge in [-0.25, -0.2) is 0 Å². The monoisotopic (exact) mass is 555 g/mol. The smallest absolute Gasteiger partial charge is 0.251 e. The highest BCUT2D eigenvalue weighted by Gasteiger charge is 2.71. The molecule has 0 bridgehead atoms. The van der Waals surface area contributed by atoms with Gasteiger partial charge in [-0.3, -0.25) is 9.78 Å². The van der Waals surface area contributed by atoms with Crippen LogP contribution in [0.25, 0.3) is 21.7 Å². The summed E-state index contributed by atoms with van der Waals surface area (Å²) in [5.74, 6) is 2.49. The first-order chi connectivity index (χ1) is 20.1. The van der Waals surface area contributed by atoms with Crippen molar-refractivity contribution in [2.75, 3.05) is 47.1 Å². The van der Waals surface area contributed by atoms with E-state index in [1.807, 2.05) is 54.6 Å². The second kappa shape index (κ2) is 10.2. The number of fused-ring (bicyclic) bond motifs is 3. The molecule has 2 aliphatic heterocycles. The van der Waals surface area contributed by atoms with Crippen LogP contribution in [0.3, 0.4) is 0 Å². The normalized spacial score (nSPS) is 22.4.